The molecule has 4 heteroatoms. The first kappa shape index (κ1) is 6.15. The zero-order valence-corrected chi connectivity index (χ0v) is 6.15. The van der Waals surface area contributed by atoms with E-state index in [0.29, 0.717) is 0 Å². The Labute approximate surface area is 63.9 Å². The monoisotopic (exact) mass is 148 g/mol. The van der Waals surface area contributed by atoms with Crippen LogP contribution < -0.4 is 0 Å². The molecule has 56 valence electrons. The lowest BCUT2D eigenvalue weighted by Crippen LogP contribution is -1.91. The van der Waals surface area contributed by atoms with Crippen LogP contribution in [-0.2, 0) is 0 Å². The molecule has 1 N–H and O–H groups in total. The van der Waals surface area contributed by atoms with Crippen LogP contribution in [0, 0.1) is 6.92 Å². The lowest BCUT2D eigenvalue weighted by molar-refractivity contribution is 0.955. The normalized spacial score (nSPS) is 10.3. The summed E-state index contributed by atoms with van der Waals surface area (Å²) < 4.78 is 1.83. The molecule has 2 heterocycles. The third-order valence-corrected chi connectivity index (χ3v) is 1.44. The molecule has 4 nitrogen and oxygen atoms in total. The van der Waals surface area contributed by atoms with Crippen LogP contribution in [0.15, 0.2) is 24.9 Å². The van der Waals surface area contributed by atoms with E-state index in [9.17, 15) is 0 Å². The van der Waals surface area contributed by atoms with Gasteiger partial charge in [-0.05, 0) is 6.92 Å². The van der Waals surface area contributed by atoms with E-state index in [1.165, 1.54) is 0 Å². The average Bonchev–Trinajstić information content (AvgIpc) is 2.55. The summed E-state index contributed by atoms with van der Waals surface area (Å²) in [6.07, 6.45) is 7.06. The fraction of sp³-hybridized carbons (Fsp3) is 0.143. The summed E-state index contributed by atoms with van der Waals surface area (Å²) in [6.45, 7) is 1.97. The molecule has 2 rings (SSSR count). The summed E-state index contributed by atoms with van der Waals surface area (Å²) in [5.41, 5.74) is 1.05. The molecule has 0 spiro atoms. The maximum Gasteiger partial charge on any atom is 0.212 e. The van der Waals surface area contributed by atoms with Crippen molar-refractivity contribution in [1.29, 1.82) is 0 Å². The Balaban J connectivity index is 2.45. The van der Waals surface area contributed by atoms with E-state index in [-0.39, 0.29) is 0 Å². The second-order valence-electron chi connectivity index (χ2n) is 2.36. The highest BCUT2D eigenvalue weighted by Gasteiger charge is 1.96. The van der Waals surface area contributed by atoms with Crippen molar-refractivity contribution in [3.8, 4) is 5.95 Å². The minimum atomic E-state index is 0.806. The van der Waals surface area contributed by atoms with Crippen LogP contribution in [0.3, 0.4) is 0 Å². The molecule has 2 aromatic heterocycles. The Morgan fingerprint density at radius 2 is 2.45 bits per heavy atom. The van der Waals surface area contributed by atoms with Crippen molar-refractivity contribution in [2.24, 2.45) is 0 Å². The van der Waals surface area contributed by atoms with Crippen LogP contribution >= 0.6 is 0 Å². The van der Waals surface area contributed by atoms with Crippen molar-refractivity contribution in [2.45, 2.75) is 6.92 Å². The Morgan fingerprint density at radius 3 is 3.00 bits per heavy atom. The van der Waals surface area contributed by atoms with Crippen LogP contribution in [0.2, 0.25) is 0 Å². The lowest BCUT2D eigenvalue weighted by atomic mass is 10.6. The zero-order chi connectivity index (χ0) is 7.68. The van der Waals surface area contributed by atoms with E-state index >= 15 is 0 Å². The molecule has 0 saturated carbocycles. The first-order valence-corrected chi connectivity index (χ1v) is 3.36. The van der Waals surface area contributed by atoms with Crippen LogP contribution in [-0.4, -0.2) is 19.5 Å². The Morgan fingerprint density at radius 1 is 1.55 bits per heavy atom. The van der Waals surface area contributed by atoms with Crippen molar-refractivity contribution in [1.82, 2.24) is 19.5 Å². The highest BCUT2D eigenvalue weighted by atomic mass is 15.2. The van der Waals surface area contributed by atoms with Crippen LogP contribution in [0.5, 0.6) is 0 Å². The van der Waals surface area contributed by atoms with E-state index < -0.39 is 0 Å². The van der Waals surface area contributed by atoms with Crippen LogP contribution in [0.4, 0.5) is 0 Å². The van der Waals surface area contributed by atoms with E-state index in [1.807, 2.05) is 17.7 Å². The standard InChI is InChI=1S/C7H8N4/c1-6-4-9-7(10-6)11-3-2-8-5-11/h2-5H,1H3,(H,9,10). The summed E-state index contributed by atoms with van der Waals surface area (Å²) in [5.74, 6) is 0.806. The second kappa shape index (κ2) is 2.23. The Bertz CT molecular complexity index is 333. The number of imidazole rings is 2. The second-order valence-corrected chi connectivity index (χ2v) is 2.36. The third-order valence-electron chi connectivity index (χ3n) is 1.44. The van der Waals surface area contributed by atoms with Gasteiger partial charge in [0.25, 0.3) is 0 Å². The van der Waals surface area contributed by atoms with E-state index in [2.05, 4.69) is 15.0 Å². The van der Waals surface area contributed by atoms with E-state index in [0.717, 1.165) is 11.6 Å². The molecule has 11 heavy (non-hydrogen) atoms. The maximum absolute atomic E-state index is 4.13. The molecule has 0 aliphatic heterocycles. The zero-order valence-electron chi connectivity index (χ0n) is 6.15. The summed E-state index contributed by atoms with van der Waals surface area (Å²) in [5, 5.41) is 0. The number of aromatic amines is 1. The quantitative estimate of drug-likeness (QED) is 0.653. The minimum absolute atomic E-state index is 0.806. The SMILES string of the molecule is Cc1cnc(-n2ccnc2)[nH]1. The van der Waals surface area contributed by atoms with Gasteiger partial charge in [-0.3, -0.25) is 4.57 Å². The number of nitrogens with one attached hydrogen (secondary N) is 1. The fourth-order valence-corrected chi connectivity index (χ4v) is 0.914. The molecule has 2 aromatic rings. The highest BCUT2D eigenvalue weighted by molar-refractivity contribution is 5.13. The van der Waals surface area contributed by atoms with Gasteiger partial charge in [0, 0.05) is 24.3 Å². The topological polar surface area (TPSA) is 46.5 Å². The molecule has 0 amide bonds. The number of aromatic nitrogens is 4. The Kier molecular flexibility index (Phi) is 1.25. The van der Waals surface area contributed by atoms with Gasteiger partial charge in [0.1, 0.15) is 6.33 Å². The molecule has 0 fully saturated rings. The van der Waals surface area contributed by atoms with Gasteiger partial charge in [0.15, 0.2) is 0 Å². The summed E-state index contributed by atoms with van der Waals surface area (Å²) in [7, 11) is 0. The van der Waals surface area contributed by atoms with Gasteiger partial charge in [-0.15, -0.1) is 0 Å². The molecule has 0 radical (unpaired) electrons. The van der Waals surface area contributed by atoms with Crippen molar-refractivity contribution in [2.75, 3.05) is 0 Å². The summed E-state index contributed by atoms with van der Waals surface area (Å²) >= 11 is 0. The van der Waals surface area contributed by atoms with E-state index in [1.54, 1.807) is 18.7 Å². The molecular weight excluding hydrogens is 140 g/mol. The maximum atomic E-state index is 4.13. The predicted molar refractivity (Wildman–Crippen MR) is 40.4 cm³/mol. The molecule has 0 bridgehead atoms. The first-order chi connectivity index (χ1) is 5.36. The minimum Gasteiger partial charge on any atom is -0.328 e. The third kappa shape index (κ3) is 1.02. The van der Waals surface area contributed by atoms with Crippen molar-refractivity contribution in [3.05, 3.63) is 30.6 Å². The van der Waals surface area contributed by atoms with Gasteiger partial charge in [0.05, 0.1) is 0 Å². The smallest absolute Gasteiger partial charge is 0.212 e. The largest absolute Gasteiger partial charge is 0.328 e. The van der Waals surface area contributed by atoms with Crippen molar-refractivity contribution in [3.63, 3.8) is 0 Å². The number of H-pyrrole nitrogens is 1. The van der Waals surface area contributed by atoms with Crippen LogP contribution in [0.1, 0.15) is 5.69 Å². The van der Waals surface area contributed by atoms with Gasteiger partial charge in [-0.25, -0.2) is 9.97 Å². The molecular formula is C7H8N4. The van der Waals surface area contributed by atoms with Gasteiger partial charge >= 0.3 is 0 Å². The molecule has 0 aliphatic rings. The summed E-state index contributed by atoms with van der Waals surface area (Å²) in [6, 6.07) is 0. The number of hydrogen-bond acceptors (Lipinski definition) is 2. The predicted octanol–water partition coefficient (Wildman–Crippen LogP) is 0.904. The van der Waals surface area contributed by atoms with Gasteiger partial charge in [-0.2, -0.15) is 0 Å². The fourth-order valence-electron chi connectivity index (χ4n) is 0.914. The number of rotatable bonds is 1. The van der Waals surface area contributed by atoms with Gasteiger partial charge in [0.2, 0.25) is 5.95 Å². The van der Waals surface area contributed by atoms with E-state index in [4.69, 9.17) is 0 Å². The molecule has 0 aromatic carbocycles. The lowest BCUT2D eigenvalue weighted by Gasteiger charge is -1.92. The molecule has 0 unspecified atom stereocenters. The Hall–Kier alpha value is -1.58. The van der Waals surface area contributed by atoms with Gasteiger partial charge in [-0.1, -0.05) is 0 Å². The molecule has 0 atom stereocenters. The summed E-state index contributed by atoms with van der Waals surface area (Å²) in [4.78, 5) is 11.1. The first-order valence-electron chi connectivity index (χ1n) is 3.36. The van der Waals surface area contributed by atoms with Crippen LogP contribution in [0.25, 0.3) is 5.95 Å². The number of hydrogen-bond donors (Lipinski definition) is 1. The average molecular weight is 148 g/mol. The number of aryl methyl sites for hydroxylation is 1. The van der Waals surface area contributed by atoms with Crippen molar-refractivity contribution >= 4 is 0 Å². The highest BCUT2D eigenvalue weighted by Crippen LogP contribution is 2.00. The van der Waals surface area contributed by atoms with Gasteiger partial charge < -0.3 is 4.98 Å². The van der Waals surface area contributed by atoms with Crippen molar-refractivity contribution < 1.29 is 0 Å². The molecule has 0 aliphatic carbocycles. The number of nitrogens with zero attached hydrogens (tertiary/aromatic N) is 3. The molecule has 0 saturated heterocycles.